The van der Waals surface area contributed by atoms with Gasteiger partial charge in [-0.3, -0.25) is 0 Å². The maximum atomic E-state index is 4.16. The minimum atomic E-state index is 0.578. The lowest BCUT2D eigenvalue weighted by Crippen LogP contribution is -2.37. The Bertz CT molecular complexity index is 314. The number of thioether (sulfide) groups is 1. The molecule has 1 heterocycles. The molecular weight excluding hydrogens is 250 g/mol. The molecule has 17 heavy (non-hydrogen) atoms. The molecule has 98 valence electrons. The summed E-state index contributed by atoms with van der Waals surface area (Å²) in [5.41, 5.74) is 0. The van der Waals surface area contributed by atoms with Crippen molar-refractivity contribution in [1.82, 2.24) is 15.5 Å². The molecule has 1 rings (SSSR count). The number of nitrogens with zero attached hydrogens (tertiary/aromatic N) is 2. The van der Waals surface area contributed by atoms with Crippen LogP contribution >= 0.6 is 23.1 Å². The second-order valence-corrected chi connectivity index (χ2v) is 6.79. The molecule has 0 amide bonds. The zero-order valence-corrected chi connectivity index (χ0v) is 12.8. The van der Waals surface area contributed by atoms with Gasteiger partial charge in [-0.1, -0.05) is 50.3 Å². The van der Waals surface area contributed by atoms with Gasteiger partial charge >= 0.3 is 0 Å². The van der Waals surface area contributed by atoms with Crippen molar-refractivity contribution >= 4 is 23.1 Å². The zero-order chi connectivity index (χ0) is 12.7. The minimum absolute atomic E-state index is 0.578. The number of hydrogen-bond donors (Lipinski definition) is 1. The van der Waals surface area contributed by atoms with E-state index in [2.05, 4.69) is 36.3 Å². The van der Waals surface area contributed by atoms with Gasteiger partial charge in [-0.15, -0.1) is 10.2 Å². The van der Waals surface area contributed by atoms with Gasteiger partial charge in [0.25, 0.3) is 0 Å². The van der Waals surface area contributed by atoms with Crippen molar-refractivity contribution in [3.63, 3.8) is 0 Å². The van der Waals surface area contributed by atoms with Crippen LogP contribution in [0, 0.1) is 12.8 Å². The van der Waals surface area contributed by atoms with E-state index in [1.807, 2.05) is 18.7 Å². The molecular formula is C12H23N3S2. The fraction of sp³-hybridized carbons (Fsp3) is 0.833. The van der Waals surface area contributed by atoms with Crippen LogP contribution in [0.1, 0.15) is 38.6 Å². The molecule has 2 unspecified atom stereocenters. The van der Waals surface area contributed by atoms with Gasteiger partial charge in [0.05, 0.1) is 0 Å². The van der Waals surface area contributed by atoms with Gasteiger partial charge in [0, 0.05) is 11.8 Å². The highest BCUT2D eigenvalue weighted by molar-refractivity contribution is 8.01. The lowest BCUT2D eigenvalue weighted by atomic mass is 10.0. The van der Waals surface area contributed by atoms with E-state index in [0.717, 1.165) is 21.6 Å². The molecule has 0 saturated carbocycles. The van der Waals surface area contributed by atoms with Crippen molar-refractivity contribution in [3.05, 3.63) is 5.01 Å². The van der Waals surface area contributed by atoms with Crippen LogP contribution in [0.5, 0.6) is 0 Å². The van der Waals surface area contributed by atoms with Crippen LogP contribution in [0.3, 0.4) is 0 Å². The summed E-state index contributed by atoms with van der Waals surface area (Å²) >= 11 is 3.51. The Morgan fingerprint density at radius 3 is 2.65 bits per heavy atom. The number of rotatable bonds is 8. The topological polar surface area (TPSA) is 37.8 Å². The summed E-state index contributed by atoms with van der Waals surface area (Å²) in [7, 11) is 0. The van der Waals surface area contributed by atoms with E-state index in [0.29, 0.717) is 12.0 Å². The highest BCUT2D eigenvalue weighted by Crippen LogP contribution is 2.24. The molecule has 0 fully saturated rings. The highest BCUT2D eigenvalue weighted by Gasteiger charge is 2.16. The molecule has 2 atom stereocenters. The summed E-state index contributed by atoms with van der Waals surface area (Å²) in [6, 6.07) is 0.578. The van der Waals surface area contributed by atoms with E-state index >= 15 is 0 Å². The van der Waals surface area contributed by atoms with Gasteiger partial charge in [-0.25, -0.2) is 0 Å². The predicted octanol–water partition coefficient (Wildman–Crippen LogP) is 3.35. The van der Waals surface area contributed by atoms with Crippen LogP contribution in [0.2, 0.25) is 0 Å². The molecule has 1 N–H and O–H groups in total. The summed E-state index contributed by atoms with van der Waals surface area (Å²) in [4.78, 5) is 0. The normalized spacial score (nSPS) is 14.8. The van der Waals surface area contributed by atoms with E-state index in [9.17, 15) is 0 Å². The molecule has 1 aromatic rings. The van der Waals surface area contributed by atoms with Crippen molar-refractivity contribution < 1.29 is 0 Å². The first-order chi connectivity index (χ1) is 8.17. The van der Waals surface area contributed by atoms with Crippen LogP contribution < -0.4 is 5.32 Å². The summed E-state index contributed by atoms with van der Waals surface area (Å²) in [5, 5.41) is 12.9. The Morgan fingerprint density at radius 1 is 1.35 bits per heavy atom. The third-order valence-electron chi connectivity index (χ3n) is 2.88. The fourth-order valence-corrected chi connectivity index (χ4v) is 3.62. The molecule has 0 aromatic carbocycles. The molecule has 1 aromatic heterocycles. The first-order valence-electron chi connectivity index (χ1n) is 6.33. The molecule has 0 bridgehead atoms. The predicted molar refractivity (Wildman–Crippen MR) is 76.9 cm³/mol. The van der Waals surface area contributed by atoms with Gasteiger partial charge in [0.1, 0.15) is 5.01 Å². The number of nitrogens with one attached hydrogen (secondary N) is 1. The minimum Gasteiger partial charge on any atom is -0.313 e. The third-order valence-corrected chi connectivity index (χ3v) is 4.97. The standard InChI is InChI=1S/C12H23N3S2/c1-5-7-13-11(9(3)6-2)8-16-12-15-14-10(4)17-12/h9,11,13H,5-8H2,1-4H3. The average Bonchev–Trinajstić information content (AvgIpc) is 2.74. The van der Waals surface area contributed by atoms with Crippen LogP contribution in [0.25, 0.3) is 0 Å². The first-order valence-corrected chi connectivity index (χ1v) is 8.13. The van der Waals surface area contributed by atoms with E-state index in [4.69, 9.17) is 0 Å². The van der Waals surface area contributed by atoms with Crippen LogP contribution in [-0.4, -0.2) is 28.5 Å². The summed E-state index contributed by atoms with van der Waals surface area (Å²) < 4.78 is 1.09. The van der Waals surface area contributed by atoms with Crippen molar-refractivity contribution in [2.75, 3.05) is 12.3 Å². The summed E-state index contributed by atoms with van der Waals surface area (Å²) in [6.45, 7) is 9.89. The summed E-state index contributed by atoms with van der Waals surface area (Å²) in [5.74, 6) is 1.80. The van der Waals surface area contributed by atoms with Crippen molar-refractivity contribution in [2.45, 2.75) is 50.9 Å². The maximum absolute atomic E-state index is 4.16. The molecule has 0 aliphatic carbocycles. The van der Waals surface area contributed by atoms with Gasteiger partial charge in [-0.2, -0.15) is 0 Å². The Labute approximate surface area is 113 Å². The molecule has 0 radical (unpaired) electrons. The third kappa shape index (κ3) is 5.36. The highest BCUT2D eigenvalue weighted by atomic mass is 32.2. The molecule has 0 saturated heterocycles. The zero-order valence-electron chi connectivity index (χ0n) is 11.2. The van der Waals surface area contributed by atoms with Crippen molar-refractivity contribution in [3.8, 4) is 0 Å². The number of aromatic nitrogens is 2. The van der Waals surface area contributed by atoms with E-state index in [1.165, 1.54) is 12.8 Å². The van der Waals surface area contributed by atoms with Crippen molar-refractivity contribution in [2.24, 2.45) is 5.92 Å². The van der Waals surface area contributed by atoms with Crippen LogP contribution in [0.4, 0.5) is 0 Å². The Kier molecular flexibility index (Phi) is 7.08. The molecule has 0 aliphatic rings. The Balaban J connectivity index is 2.42. The first kappa shape index (κ1) is 14.9. The quantitative estimate of drug-likeness (QED) is 0.737. The lowest BCUT2D eigenvalue weighted by molar-refractivity contribution is 0.397. The largest absolute Gasteiger partial charge is 0.313 e. The van der Waals surface area contributed by atoms with Crippen LogP contribution in [0.15, 0.2) is 4.34 Å². The van der Waals surface area contributed by atoms with Crippen molar-refractivity contribution in [1.29, 1.82) is 0 Å². The van der Waals surface area contributed by atoms with E-state index < -0.39 is 0 Å². The Hall–Kier alpha value is -0.130. The maximum Gasteiger partial charge on any atom is 0.174 e. The second kappa shape index (κ2) is 8.06. The lowest BCUT2D eigenvalue weighted by Gasteiger charge is -2.23. The molecule has 0 aliphatic heterocycles. The number of aryl methyl sites for hydroxylation is 1. The SMILES string of the molecule is CCCNC(CSc1nnc(C)s1)C(C)CC. The van der Waals surface area contributed by atoms with Gasteiger partial charge < -0.3 is 5.32 Å². The smallest absolute Gasteiger partial charge is 0.174 e. The second-order valence-electron chi connectivity index (χ2n) is 4.34. The van der Waals surface area contributed by atoms with E-state index in [1.54, 1.807) is 11.3 Å². The van der Waals surface area contributed by atoms with E-state index in [-0.39, 0.29) is 0 Å². The van der Waals surface area contributed by atoms with Gasteiger partial charge in [0.2, 0.25) is 0 Å². The Morgan fingerprint density at radius 2 is 2.12 bits per heavy atom. The summed E-state index contributed by atoms with van der Waals surface area (Å²) in [6.07, 6.45) is 2.41. The van der Waals surface area contributed by atoms with Gasteiger partial charge in [0.15, 0.2) is 4.34 Å². The van der Waals surface area contributed by atoms with Crippen LogP contribution in [-0.2, 0) is 0 Å². The monoisotopic (exact) mass is 273 g/mol. The molecule has 3 nitrogen and oxygen atoms in total. The molecule has 0 spiro atoms. The van der Waals surface area contributed by atoms with Gasteiger partial charge in [-0.05, 0) is 25.8 Å². The average molecular weight is 273 g/mol. The number of hydrogen-bond acceptors (Lipinski definition) is 5. The fourth-order valence-electron chi connectivity index (χ4n) is 1.54. The molecule has 5 heteroatoms.